The van der Waals surface area contributed by atoms with Gasteiger partial charge in [0, 0.05) is 18.2 Å². The van der Waals surface area contributed by atoms with Crippen molar-refractivity contribution in [3.05, 3.63) is 70.3 Å². The summed E-state index contributed by atoms with van der Waals surface area (Å²) in [4.78, 5) is 38.0. The van der Waals surface area contributed by atoms with E-state index in [4.69, 9.17) is 4.74 Å². The van der Waals surface area contributed by atoms with Crippen molar-refractivity contribution in [2.45, 2.75) is 0 Å². The lowest BCUT2D eigenvalue weighted by molar-refractivity contribution is -0.384. The number of carbonyl (C=O) groups excluding carboxylic acids is 2. The number of nitro benzene ring substituents is 1. The summed E-state index contributed by atoms with van der Waals surface area (Å²) in [6.45, 7) is -0.464. The highest BCUT2D eigenvalue weighted by Crippen LogP contribution is 2.29. The maximum absolute atomic E-state index is 11.9. The lowest BCUT2D eigenvalue weighted by atomic mass is 10.2. The molecule has 8 nitrogen and oxygen atoms in total. The van der Waals surface area contributed by atoms with Crippen molar-refractivity contribution in [1.82, 2.24) is 4.98 Å². The number of rotatable bonds is 6. The molecule has 0 aliphatic carbocycles. The monoisotopic (exact) mass is 383 g/mol. The van der Waals surface area contributed by atoms with Gasteiger partial charge in [0.15, 0.2) is 11.7 Å². The molecule has 9 heteroatoms. The van der Waals surface area contributed by atoms with Gasteiger partial charge in [-0.2, -0.15) is 0 Å². The number of carbonyl (C=O) groups is 2. The Morgan fingerprint density at radius 3 is 2.74 bits per heavy atom. The van der Waals surface area contributed by atoms with E-state index in [2.05, 4.69) is 10.3 Å². The molecule has 1 heterocycles. The minimum Gasteiger partial charge on any atom is -0.452 e. The third-order valence-corrected chi connectivity index (χ3v) is 4.32. The van der Waals surface area contributed by atoms with Crippen LogP contribution >= 0.6 is 11.3 Å². The van der Waals surface area contributed by atoms with E-state index in [1.165, 1.54) is 24.3 Å². The Bertz CT molecular complexity index is 1030. The SMILES string of the molecule is O=C(COC(=O)/C=C/c1ccccc1)Nc1nc2ccc([N+](=O)[O-])cc2s1. The molecule has 1 N–H and O–H groups in total. The van der Waals surface area contributed by atoms with E-state index < -0.39 is 23.4 Å². The second kappa shape index (κ2) is 8.19. The lowest BCUT2D eigenvalue weighted by Crippen LogP contribution is -2.19. The Balaban J connectivity index is 1.54. The number of nitro groups is 1. The van der Waals surface area contributed by atoms with Crippen LogP contribution in [0.15, 0.2) is 54.6 Å². The summed E-state index contributed by atoms with van der Waals surface area (Å²) in [5.74, 6) is -1.20. The summed E-state index contributed by atoms with van der Waals surface area (Å²) in [5.41, 5.74) is 1.31. The zero-order chi connectivity index (χ0) is 19.2. The zero-order valence-electron chi connectivity index (χ0n) is 13.8. The number of anilines is 1. The molecule has 0 saturated heterocycles. The van der Waals surface area contributed by atoms with Crippen LogP contribution in [0.1, 0.15) is 5.56 Å². The van der Waals surface area contributed by atoms with Crippen LogP contribution in [-0.2, 0) is 14.3 Å². The van der Waals surface area contributed by atoms with Gasteiger partial charge in [0.25, 0.3) is 11.6 Å². The maximum atomic E-state index is 11.9. The normalized spacial score (nSPS) is 10.8. The summed E-state index contributed by atoms with van der Waals surface area (Å²) in [7, 11) is 0. The minimum atomic E-state index is -0.645. The van der Waals surface area contributed by atoms with Gasteiger partial charge in [-0.05, 0) is 17.7 Å². The van der Waals surface area contributed by atoms with Crippen molar-refractivity contribution in [3.8, 4) is 0 Å². The second-order valence-corrected chi connectivity index (χ2v) is 6.36. The van der Waals surface area contributed by atoms with E-state index in [1.54, 1.807) is 6.08 Å². The molecule has 0 radical (unpaired) electrons. The average Bonchev–Trinajstić information content (AvgIpc) is 3.06. The molecule has 3 aromatic rings. The summed E-state index contributed by atoms with van der Waals surface area (Å²) in [6, 6.07) is 13.4. The number of nitrogens with one attached hydrogen (secondary N) is 1. The number of benzene rings is 2. The number of amides is 1. The van der Waals surface area contributed by atoms with Gasteiger partial charge in [-0.25, -0.2) is 9.78 Å². The molecular formula is C18H13N3O5S. The van der Waals surface area contributed by atoms with Gasteiger partial charge >= 0.3 is 5.97 Å². The van der Waals surface area contributed by atoms with Gasteiger partial charge in [-0.15, -0.1) is 0 Å². The minimum absolute atomic E-state index is 0.0526. The summed E-state index contributed by atoms with van der Waals surface area (Å²) in [5, 5.41) is 13.6. The largest absolute Gasteiger partial charge is 0.452 e. The van der Waals surface area contributed by atoms with E-state index in [9.17, 15) is 19.7 Å². The summed E-state index contributed by atoms with van der Waals surface area (Å²) in [6.07, 6.45) is 2.82. The molecule has 2 aromatic carbocycles. The zero-order valence-corrected chi connectivity index (χ0v) is 14.6. The van der Waals surface area contributed by atoms with Crippen LogP contribution in [0.25, 0.3) is 16.3 Å². The Kier molecular flexibility index (Phi) is 5.53. The second-order valence-electron chi connectivity index (χ2n) is 5.33. The first kappa shape index (κ1) is 18.2. The number of aromatic nitrogens is 1. The van der Waals surface area contributed by atoms with Crippen molar-refractivity contribution in [2.75, 3.05) is 11.9 Å². The summed E-state index contributed by atoms with van der Waals surface area (Å²) < 4.78 is 5.44. The number of non-ortho nitro benzene ring substituents is 1. The Morgan fingerprint density at radius 2 is 2.00 bits per heavy atom. The summed E-state index contributed by atoms with van der Waals surface area (Å²) >= 11 is 1.10. The highest BCUT2D eigenvalue weighted by Gasteiger charge is 2.12. The highest BCUT2D eigenvalue weighted by atomic mass is 32.1. The van der Waals surface area contributed by atoms with E-state index in [0.717, 1.165) is 16.9 Å². The van der Waals surface area contributed by atoms with Gasteiger partial charge in [-0.1, -0.05) is 41.7 Å². The van der Waals surface area contributed by atoms with Gasteiger partial charge in [-0.3, -0.25) is 20.2 Å². The fraction of sp³-hybridized carbons (Fsp3) is 0.0556. The maximum Gasteiger partial charge on any atom is 0.331 e. The molecule has 0 spiro atoms. The van der Waals surface area contributed by atoms with Gasteiger partial charge in [0.2, 0.25) is 0 Å². The third kappa shape index (κ3) is 4.95. The van der Waals surface area contributed by atoms with Crippen LogP contribution in [0.2, 0.25) is 0 Å². The number of hydrogen-bond acceptors (Lipinski definition) is 7. The molecule has 136 valence electrons. The van der Waals surface area contributed by atoms with E-state index >= 15 is 0 Å². The number of ether oxygens (including phenoxy) is 1. The average molecular weight is 383 g/mol. The molecule has 1 amide bonds. The first-order chi connectivity index (χ1) is 13.0. The highest BCUT2D eigenvalue weighted by molar-refractivity contribution is 7.22. The predicted molar refractivity (Wildman–Crippen MR) is 101 cm³/mol. The third-order valence-electron chi connectivity index (χ3n) is 3.39. The van der Waals surface area contributed by atoms with Crippen molar-refractivity contribution in [3.63, 3.8) is 0 Å². The molecule has 3 rings (SSSR count). The van der Waals surface area contributed by atoms with Crippen LogP contribution in [-0.4, -0.2) is 28.4 Å². The van der Waals surface area contributed by atoms with Crippen LogP contribution in [0.5, 0.6) is 0 Å². The Hall–Kier alpha value is -3.59. The molecule has 0 unspecified atom stereocenters. The molecule has 0 aliphatic rings. The first-order valence-corrected chi connectivity index (χ1v) is 8.57. The fourth-order valence-corrected chi connectivity index (χ4v) is 3.06. The molecule has 1 aromatic heterocycles. The molecule has 0 bridgehead atoms. The Morgan fingerprint density at radius 1 is 1.22 bits per heavy atom. The van der Waals surface area contributed by atoms with Gasteiger partial charge in [0.1, 0.15) is 0 Å². The van der Waals surface area contributed by atoms with Crippen molar-refractivity contribution in [1.29, 1.82) is 0 Å². The standard InChI is InChI=1S/C18H13N3O5S/c22-16(11-26-17(23)9-6-12-4-2-1-3-5-12)20-18-19-14-8-7-13(21(24)25)10-15(14)27-18/h1-10H,11H2,(H,19,20,22)/b9-6+. The van der Waals surface area contributed by atoms with Crippen LogP contribution < -0.4 is 5.32 Å². The molecule has 0 atom stereocenters. The number of nitrogens with zero attached hydrogens (tertiary/aromatic N) is 2. The van der Waals surface area contributed by atoms with Gasteiger partial charge < -0.3 is 4.74 Å². The van der Waals surface area contributed by atoms with Crippen molar-refractivity contribution < 1.29 is 19.2 Å². The number of esters is 1. The fourth-order valence-electron chi connectivity index (χ4n) is 2.15. The lowest BCUT2D eigenvalue weighted by Gasteiger charge is -2.01. The quantitative estimate of drug-likeness (QED) is 0.302. The number of thiazole rings is 1. The number of hydrogen-bond donors (Lipinski definition) is 1. The topological polar surface area (TPSA) is 111 Å². The molecule has 0 aliphatic heterocycles. The smallest absolute Gasteiger partial charge is 0.331 e. The van der Waals surface area contributed by atoms with E-state index in [1.807, 2.05) is 30.3 Å². The van der Waals surface area contributed by atoms with Crippen LogP contribution in [0.3, 0.4) is 0 Å². The number of fused-ring (bicyclic) bond motifs is 1. The molecular weight excluding hydrogens is 370 g/mol. The molecule has 0 saturated carbocycles. The van der Waals surface area contributed by atoms with Crippen LogP contribution in [0.4, 0.5) is 10.8 Å². The van der Waals surface area contributed by atoms with Gasteiger partial charge in [0.05, 0.1) is 15.1 Å². The first-order valence-electron chi connectivity index (χ1n) is 7.76. The Labute approximate surface area is 157 Å². The van der Waals surface area contributed by atoms with E-state index in [-0.39, 0.29) is 10.8 Å². The van der Waals surface area contributed by atoms with Crippen molar-refractivity contribution in [2.24, 2.45) is 0 Å². The molecule has 0 fully saturated rings. The predicted octanol–water partition coefficient (Wildman–Crippen LogP) is 3.40. The van der Waals surface area contributed by atoms with Crippen molar-refractivity contribution >= 4 is 50.3 Å². The van der Waals surface area contributed by atoms with E-state index in [0.29, 0.717) is 10.2 Å². The van der Waals surface area contributed by atoms with Crippen LogP contribution in [0, 0.1) is 10.1 Å². The molecule has 27 heavy (non-hydrogen) atoms.